The molecule has 2 unspecified atom stereocenters. The molecule has 1 aromatic heterocycles. The van der Waals surface area contributed by atoms with Crippen LogP contribution in [0.25, 0.3) is 0 Å². The number of piperidine rings is 1. The van der Waals surface area contributed by atoms with Crippen LogP contribution in [0.3, 0.4) is 0 Å². The summed E-state index contributed by atoms with van der Waals surface area (Å²) in [7, 11) is 0. The van der Waals surface area contributed by atoms with Gasteiger partial charge in [0, 0.05) is 37.8 Å². The van der Waals surface area contributed by atoms with E-state index >= 15 is 0 Å². The van der Waals surface area contributed by atoms with Gasteiger partial charge in [-0.05, 0) is 58.6 Å². The molecule has 2 aliphatic rings. The molecule has 1 fully saturated rings. The first-order valence-corrected chi connectivity index (χ1v) is 12.8. The minimum atomic E-state index is -4.68. The third-order valence-electron chi connectivity index (χ3n) is 6.67. The number of benzene rings is 1. The molecule has 0 radical (unpaired) electrons. The highest BCUT2D eigenvalue weighted by Gasteiger charge is 2.56. The minimum Gasteiger partial charge on any atom is -0.465 e. The fourth-order valence-electron chi connectivity index (χ4n) is 4.89. The number of aryl methyl sites for hydroxylation is 1. The fraction of sp³-hybridized carbons (Fsp3) is 0.400. The molecule has 0 bridgehead atoms. The van der Waals surface area contributed by atoms with Crippen molar-refractivity contribution >= 4 is 39.5 Å². The lowest BCUT2D eigenvalue weighted by Gasteiger charge is -2.40. The molecule has 0 saturated carbocycles. The number of carbonyl (C=O) groups excluding carboxylic acids is 2. The third kappa shape index (κ3) is 6.54. The maximum atomic E-state index is 13.9. The largest absolute Gasteiger partial charge is 0.465 e. The van der Waals surface area contributed by atoms with Crippen LogP contribution in [0.5, 0.6) is 0 Å². The second-order valence-corrected chi connectivity index (χ2v) is 10.3. The number of hydrogen-bond acceptors (Lipinski definition) is 5. The summed E-state index contributed by atoms with van der Waals surface area (Å²) in [6, 6.07) is 8.11. The van der Waals surface area contributed by atoms with Crippen molar-refractivity contribution in [2.24, 2.45) is 10.5 Å². The van der Waals surface area contributed by atoms with E-state index in [0.29, 0.717) is 16.3 Å². The van der Waals surface area contributed by atoms with E-state index in [4.69, 9.17) is 0 Å². The molecule has 1 aromatic carbocycles. The molecule has 1 saturated heterocycles. The number of carboxylic acid groups (broad SMARTS) is 1. The van der Waals surface area contributed by atoms with Crippen LogP contribution in [0.15, 0.2) is 52.2 Å². The minimum absolute atomic E-state index is 0.00889. The van der Waals surface area contributed by atoms with Crippen LogP contribution in [0.4, 0.5) is 22.4 Å². The number of hydrazone groups is 1. The molecule has 2 aromatic rings. The van der Waals surface area contributed by atoms with Gasteiger partial charge in [0.25, 0.3) is 5.91 Å². The Bertz CT molecular complexity index is 1290. The molecule has 2 aliphatic heterocycles. The number of pyridine rings is 1. The second-order valence-electron chi connectivity index (χ2n) is 9.40. The smallest absolute Gasteiger partial charge is 0.408 e. The Morgan fingerprint density at radius 1 is 1.23 bits per heavy atom. The van der Waals surface area contributed by atoms with Crippen LogP contribution in [-0.2, 0) is 22.4 Å². The van der Waals surface area contributed by atoms with E-state index < -0.39 is 47.9 Å². The number of aromatic nitrogens is 1. The molecule has 0 spiro atoms. The van der Waals surface area contributed by atoms with Crippen molar-refractivity contribution in [1.82, 2.24) is 20.2 Å². The number of carbonyl (C=O) groups is 3. The van der Waals surface area contributed by atoms with Crippen LogP contribution in [-0.4, -0.2) is 75.5 Å². The van der Waals surface area contributed by atoms with Gasteiger partial charge < -0.3 is 15.3 Å². The SMILES string of the molecule is O=C(O)NC(CCc1ccc(Br)c(F)c1)C(=O)N1CCC2=NN(CC(F)(F)F)C(=O)C2(Cc2ccccn2)C1. The van der Waals surface area contributed by atoms with Crippen molar-refractivity contribution in [3.63, 3.8) is 0 Å². The number of halogens is 5. The summed E-state index contributed by atoms with van der Waals surface area (Å²) in [5.41, 5.74) is -0.385. The summed E-state index contributed by atoms with van der Waals surface area (Å²) >= 11 is 3.06. The van der Waals surface area contributed by atoms with Gasteiger partial charge in [-0.25, -0.2) is 14.2 Å². The van der Waals surface area contributed by atoms with Gasteiger partial charge in [0.15, 0.2) is 0 Å². The summed E-state index contributed by atoms with van der Waals surface area (Å²) in [5.74, 6) is -2.05. The molecule has 9 nitrogen and oxygen atoms in total. The summed E-state index contributed by atoms with van der Waals surface area (Å²) in [4.78, 5) is 43.9. The zero-order valence-corrected chi connectivity index (χ0v) is 22.0. The molecule has 39 heavy (non-hydrogen) atoms. The predicted molar refractivity (Wildman–Crippen MR) is 134 cm³/mol. The van der Waals surface area contributed by atoms with E-state index in [0.717, 1.165) is 0 Å². The molecular weight excluding hydrogens is 590 g/mol. The van der Waals surface area contributed by atoms with Crippen LogP contribution < -0.4 is 5.32 Å². The Morgan fingerprint density at radius 3 is 2.64 bits per heavy atom. The maximum absolute atomic E-state index is 13.9. The number of hydrogen-bond donors (Lipinski definition) is 2. The number of rotatable bonds is 8. The molecule has 208 valence electrons. The number of amides is 3. The first-order valence-electron chi connectivity index (χ1n) is 12.0. The van der Waals surface area contributed by atoms with Gasteiger partial charge >= 0.3 is 12.3 Å². The zero-order chi connectivity index (χ0) is 28.4. The van der Waals surface area contributed by atoms with Crippen molar-refractivity contribution in [3.8, 4) is 0 Å². The van der Waals surface area contributed by atoms with Gasteiger partial charge in [-0.3, -0.25) is 14.6 Å². The Hall–Kier alpha value is -3.55. The lowest BCUT2D eigenvalue weighted by Crippen LogP contribution is -2.59. The van der Waals surface area contributed by atoms with Crippen LogP contribution in [0.1, 0.15) is 24.1 Å². The Morgan fingerprint density at radius 2 is 2.00 bits per heavy atom. The van der Waals surface area contributed by atoms with Crippen LogP contribution in [0.2, 0.25) is 0 Å². The zero-order valence-electron chi connectivity index (χ0n) is 20.4. The molecule has 4 rings (SSSR count). The van der Waals surface area contributed by atoms with Gasteiger partial charge in [0.2, 0.25) is 5.91 Å². The summed E-state index contributed by atoms with van der Waals surface area (Å²) in [6.07, 6.45) is -4.55. The van der Waals surface area contributed by atoms with Crippen molar-refractivity contribution < 1.29 is 37.1 Å². The maximum Gasteiger partial charge on any atom is 0.408 e. The van der Waals surface area contributed by atoms with Gasteiger partial charge in [-0.1, -0.05) is 12.1 Å². The average Bonchev–Trinajstić information content (AvgIpc) is 3.12. The quantitative estimate of drug-likeness (QED) is 0.440. The van der Waals surface area contributed by atoms with E-state index in [-0.39, 0.29) is 49.0 Å². The predicted octanol–water partition coefficient (Wildman–Crippen LogP) is 3.77. The average molecular weight is 614 g/mol. The van der Waals surface area contributed by atoms with Crippen molar-refractivity contribution in [2.45, 2.75) is 37.9 Å². The molecule has 14 heteroatoms. The molecular formula is C25H24BrF4N5O4. The van der Waals surface area contributed by atoms with Crippen LogP contribution in [0, 0.1) is 11.2 Å². The van der Waals surface area contributed by atoms with E-state index in [1.54, 1.807) is 24.3 Å². The van der Waals surface area contributed by atoms with Gasteiger partial charge in [0.1, 0.15) is 23.8 Å². The monoisotopic (exact) mass is 613 g/mol. The Kier molecular flexibility index (Phi) is 8.23. The van der Waals surface area contributed by atoms with E-state index in [2.05, 4.69) is 31.3 Å². The molecule has 3 amide bonds. The molecule has 3 heterocycles. The topological polar surface area (TPSA) is 115 Å². The third-order valence-corrected chi connectivity index (χ3v) is 7.31. The highest BCUT2D eigenvalue weighted by molar-refractivity contribution is 9.10. The highest BCUT2D eigenvalue weighted by Crippen LogP contribution is 2.39. The number of nitrogens with zero attached hydrogens (tertiary/aromatic N) is 4. The Balaban J connectivity index is 1.58. The van der Waals surface area contributed by atoms with Crippen molar-refractivity contribution in [3.05, 3.63) is 64.1 Å². The highest BCUT2D eigenvalue weighted by atomic mass is 79.9. The van der Waals surface area contributed by atoms with Crippen LogP contribution >= 0.6 is 15.9 Å². The fourth-order valence-corrected chi connectivity index (χ4v) is 5.14. The summed E-state index contributed by atoms with van der Waals surface area (Å²) < 4.78 is 53.7. The van der Waals surface area contributed by atoms with Gasteiger partial charge in [-0.15, -0.1) is 0 Å². The lowest BCUT2D eigenvalue weighted by molar-refractivity contribution is -0.164. The first-order chi connectivity index (χ1) is 18.4. The van der Waals surface area contributed by atoms with Gasteiger partial charge in [0.05, 0.1) is 10.2 Å². The second kappa shape index (κ2) is 11.3. The molecule has 2 atom stereocenters. The number of nitrogens with one attached hydrogen (secondary N) is 1. The summed E-state index contributed by atoms with van der Waals surface area (Å²) in [6.45, 7) is -1.83. The summed E-state index contributed by atoms with van der Waals surface area (Å²) in [5, 5.41) is 15.9. The van der Waals surface area contributed by atoms with E-state index in [9.17, 15) is 37.1 Å². The lowest BCUT2D eigenvalue weighted by atomic mass is 9.74. The Labute approximate surface area is 229 Å². The first kappa shape index (κ1) is 28.5. The molecule has 0 aliphatic carbocycles. The van der Waals surface area contributed by atoms with Crippen molar-refractivity contribution in [1.29, 1.82) is 0 Å². The van der Waals surface area contributed by atoms with E-state index in [1.165, 1.54) is 23.2 Å². The number of likely N-dealkylation sites (tertiary alicyclic amines) is 1. The normalized spacial score (nSPS) is 19.9. The standard InChI is InChI=1S/C25H24BrF4N5O4/c26-17-6-4-15(11-18(17)27)5-7-19(32-23(38)39)21(36)34-10-8-20-24(13-34,12-16-3-1-2-9-31-16)22(37)35(33-20)14-25(28,29)30/h1-4,6,9,11,19,32H,5,7-8,10,12-14H2,(H,38,39). The van der Waals surface area contributed by atoms with E-state index in [1.807, 2.05) is 0 Å². The molecule has 2 N–H and O–H groups in total. The number of alkyl halides is 3. The number of fused-ring (bicyclic) bond motifs is 1. The van der Waals surface area contributed by atoms with Crippen molar-refractivity contribution in [2.75, 3.05) is 19.6 Å². The van der Waals surface area contributed by atoms with Gasteiger partial charge in [-0.2, -0.15) is 18.3 Å².